The molecule has 1 unspecified atom stereocenters. The molecule has 0 bridgehead atoms. The molecule has 0 aromatic heterocycles. The van der Waals surface area contributed by atoms with E-state index in [1.807, 2.05) is 13.8 Å². The Kier molecular flexibility index (Phi) is 8.26. The molecule has 0 radical (unpaired) electrons. The number of aryl methyl sites for hydroxylation is 3. The van der Waals surface area contributed by atoms with Crippen molar-refractivity contribution in [1.29, 1.82) is 0 Å². The average Bonchev–Trinajstić information content (AvgIpc) is 2.04. The summed E-state index contributed by atoms with van der Waals surface area (Å²) in [6, 6.07) is 4.45. The smallest absolute Gasteiger partial charge is 0.0392 e. The molecule has 0 heterocycles. The molecule has 76 valence electrons. The summed E-state index contributed by atoms with van der Waals surface area (Å²) in [5, 5.41) is 0. The van der Waals surface area contributed by atoms with Gasteiger partial charge in [-0.15, -0.1) is 0 Å². The first-order chi connectivity index (χ1) is 5.61. The van der Waals surface area contributed by atoms with Crippen LogP contribution in [0.2, 0.25) is 0 Å². The minimum atomic E-state index is 0. The largest absolute Gasteiger partial charge is 0.153 e. The summed E-state index contributed by atoms with van der Waals surface area (Å²) < 4.78 is 0. The van der Waals surface area contributed by atoms with E-state index < -0.39 is 0 Å². The maximum Gasteiger partial charge on any atom is -0.0392 e. The van der Waals surface area contributed by atoms with E-state index in [9.17, 15) is 0 Å². The molecule has 1 atom stereocenters. The fourth-order valence-electron chi connectivity index (χ4n) is 1.25. The van der Waals surface area contributed by atoms with Gasteiger partial charge in [-0.2, -0.15) is 9.90 Å². The van der Waals surface area contributed by atoms with Crippen LogP contribution in [-0.2, 0) is 0 Å². The average molecular weight is 198 g/mol. The molecule has 0 amide bonds. The maximum atomic E-state index is 2.22. The number of hydrogen-bond acceptors (Lipinski definition) is 0. The van der Waals surface area contributed by atoms with Gasteiger partial charge in [-0.3, -0.25) is 0 Å². The van der Waals surface area contributed by atoms with Crippen molar-refractivity contribution in [1.82, 2.24) is 0 Å². The van der Waals surface area contributed by atoms with Crippen LogP contribution in [0.5, 0.6) is 0 Å². The van der Waals surface area contributed by atoms with Gasteiger partial charge in [-0.1, -0.05) is 31.5 Å². The molecule has 0 saturated heterocycles. The van der Waals surface area contributed by atoms with Gasteiger partial charge in [0.2, 0.25) is 0 Å². The molecular formula is C12H23P. The van der Waals surface area contributed by atoms with Crippen LogP contribution in [0.15, 0.2) is 12.1 Å². The second-order valence-corrected chi connectivity index (χ2v) is 3.02. The van der Waals surface area contributed by atoms with Gasteiger partial charge >= 0.3 is 0 Å². The minimum absolute atomic E-state index is 0. The molecule has 0 aliphatic carbocycles. The van der Waals surface area contributed by atoms with E-state index in [0.29, 0.717) is 0 Å². The zero-order valence-corrected chi connectivity index (χ0v) is 11.3. The van der Waals surface area contributed by atoms with Crippen molar-refractivity contribution in [3.63, 3.8) is 0 Å². The van der Waals surface area contributed by atoms with E-state index in [4.69, 9.17) is 0 Å². The lowest BCUT2D eigenvalue weighted by atomic mass is 10.0. The van der Waals surface area contributed by atoms with Gasteiger partial charge in [0.15, 0.2) is 0 Å². The fourth-order valence-corrected chi connectivity index (χ4v) is 1.25. The molecule has 1 aromatic rings. The first-order valence-corrected chi connectivity index (χ1v) is 4.65. The fraction of sp³-hybridized carbons (Fsp3) is 0.500. The molecule has 1 rings (SSSR count). The monoisotopic (exact) mass is 198 g/mol. The van der Waals surface area contributed by atoms with Crippen molar-refractivity contribution >= 4 is 9.90 Å². The van der Waals surface area contributed by atoms with Crippen LogP contribution >= 0.6 is 9.90 Å². The molecule has 0 N–H and O–H groups in total. The van der Waals surface area contributed by atoms with Crippen LogP contribution in [0.3, 0.4) is 0 Å². The van der Waals surface area contributed by atoms with Crippen molar-refractivity contribution < 1.29 is 0 Å². The molecule has 13 heavy (non-hydrogen) atoms. The number of hydrogen-bond donors (Lipinski definition) is 0. The molecule has 0 nitrogen and oxygen atoms in total. The van der Waals surface area contributed by atoms with Crippen molar-refractivity contribution in [3.8, 4) is 0 Å². The van der Waals surface area contributed by atoms with Crippen LogP contribution in [0, 0.1) is 27.7 Å². The van der Waals surface area contributed by atoms with E-state index in [1.165, 1.54) is 22.3 Å². The van der Waals surface area contributed by atoms with Crippen LogP contribution in [0.4, 0.5) is 0 Å². The summed E-state index contributed by atoms with van der Waals surface area (Å²) in [6.07, 6.45) is 0. The summed E-state index contributed by atoms with van der Waals surface area (Å²) in [5.74, 6) is 0. The Balaban J connectivity index is 0. The normalized spacial score (nSPS) is 8.15. The topological polar surface area (TPSA) is 0 Å². The predicted octanol–water partition coefficient (Wildman–Crippen LogP) is 4.00. The Morgan fingerprint density at radius 3 is 1.38 bits per heavy atom. The second-order valence-electron chi connectivity index (χ2n) is 3.02. The van der Waals surface area contributed by atoms with Gasteiger partial charge < -0.3 is 0 Å². The Morgan fingerprint density at radius 1 is 0.769 bits per heavy atom. The molecule has 1 aromatic carbocycles. The number of rotatable bonds is 0. The molecule has 1 heteroatoms. The third-order valence-corrected chi connectivity index (χ3v) is 2.07. The van der Waals surface area contributed by atoms with Crippen molar-refractivity contribution in [2.75, 3.05) is 0 Å². The van der Waals surface area contributed by atoms with E-state index >= 15 is 0 Å². The first-order valence-electron chi connectivity index (χ1n) is 4.65. The van der Waals surface area contributed by atoms with Gasteiger partial charge in [-0.25, -0.2) is 0 Å². The van der Waals surface area contributed by atoms with E-state index in [0.717, 1.165) is 0 Å². The lowest BCUT2D eigenvalue weighted by Gasteiger charge is -2.04. The Morgan fingerprint density at radius 2 is 1.08 bits per heavy atom. The highest BCUT2D eigenvalue weighted by molar-refractivity contribution is 6.92. The van der Waals surface area contributed by atoms with Crippen LogP contribution in [-0.4, -0.2) is 0 Å². The first kappa shape index (κ1) is 15.1. The standard InChI is InChI=1S/C10H14.C2H6.H3P/c1-7-5-8(2)10(4)9(3)6-7;1-2;/h5-6H,1-4H3;1-2H3;1H3. The molecule has 0 spiro atoms. The van der Waals surface area contributed by atoms with E-state index in [2.05, 4.69) is 39.8 Å². The SMILES string of the molecule is CC.Cc1cc(C)c(C)c(C)c1.P. The summed E-state index contributed by atoms with van der Waals surface area (Å²) in [4.78, 5) is 0. The van der Waals surface area contributed by atoms with Gasteiger partial charge in [0.05, 0.1) is 0 Å². The maximum absolute atomic E-state index is 2.22. The van der Waals surface area contributed by atoms with Crippen molar-refractivity contribution in [2.45, 2.75) is 41.5 Å². The van der Waals surface area contributed by atoms with Crippen LogP contribution in [0.1, 0.15) is 36.1 Å². The van der Waals surface area contributed by atoms with Crippen LogP contribution in [0.25, 0.3) is 0 Å². The zero-order chi connectivity index (χ0) is 9.72. The van der Waals surface area contributed by atoms with Gasteiger partial charge in [-0.05, 0) is 44.4 Å². The highest BCUT2D eigenvalue weighted by atomic mass is 31.0. The third-order valence-electron chi connectivity index (χ3n) is 2.07. The van der Waals surface area contributed by atoms with Gasteiger partial charge in [0.1, 0.15) is 0 Å². The minimum Gasteiger partial charge on any atom is -0.153 e. The van der Waals surface area contributed by atoms with Crippen molar-refractivity contribution in [3.05, 3.63) is 34.4 Å². The molecule has 0 aliphatic heterocycles. The molecule has 0 fully saturated rings. The molecule has 0 aliphatic rings. The van der Waals surface area contributed by atoms with Crippen molar-refractivity contribution in [2.24, 2.45) is 0 Å². The number of benzene rings is 1. The molecular weight excluding hydrogens is 175 g/mol. The summed E-state index contributed by atoms with van der Waals surface area (Å²) in [7, 11) is 0. The van der Waals surface area contributed by atoms with E-state index in [1.54, 1.807) is 0 Å². The predicted molar refractivity (Wildman–Crippen MR) is 67.8 cm³/mol. The Labute approximate surface area is 86.4 Å². The summed E-state index contributed by atoms with van der Waals surface area (Å²) in [5.41, 5.74) is 5.58. The van der Waals surface area contributed by atoms with Gasteiger partial charge in [0, 0.05) is 0 Å². The summed E-state index contributed by atoms with van der Waals surface area (Å²) in [6.45, 7) is 12.6. The lowest BCUT2D eigenvalue weighted by molar-refractivity contribution is 1.23. The van der Waals surface area contributed by atoms with Crippen LogP contribution < -0.4 is 0 Å². The lowest BCUT2D eigenvalue weighted by Crippen LogP contribution is -1.86. The second kappa shape index (κ2) is 7.09. The quantitative estimate of drug-likeness (QED) is 0.553. The van der Waals surface area contributed by atoms with Gasteiger partial charge in [0.25, 0.3) is 0 Å². The Bertz CT molecular complexity index is 228. The van der Waals surface area contributed by atoms with E-state index in [-0.39, 0.29) is 9.90 Å². The summed E-state index contributed by atoms with van der Waals surface area (Å²) >= 11 is 0. The zero-order valence-electron chi connectivity index (χ0n) is 9.86. The third kappa shape index (κ3) is 4.43. The Hall–Kier alpha value is -0.350. The highest BCUT2D eigenvalue weighted by Gasteiger charge is 1.95. The highest BCUT2D eigenvalue weighted by Crippen LogP contribution is 2.13. The molecule has 0 saturated carbocycles.